The summed E-state index contributed by atoms with van der Waals surface area (Å²) < 4.78 is 25.3. The third-order valence-corrected chi connectivity index (χ3v) is 5.87. The molecule has 0 unspecified atom stereocenters. The van der Waals surface area contributed by atoms with Gasteiger partial charge in [0.25, 0.3) is 0 Å². The van der Waals surface area contributed by atoms with E-state index in [0.717, 1.165) is 11.8 Å². The fraction of sp³-hybridized carbons (Fsp3) is 0.118. The second kappa shape index (κ2) is 7.38. The van der Waals surface area contributed by atoms with E-state index in [1.807, 2.05) is 6.92 Å². The van der Waals surface area contributed by atoms with E-state index in [2.05, 4.69) is 5.32 Å². The van der Waals surface area contributed by atoms with Gasteiger partial charge < -0.3 is 5.32 Å². The standard InChI is InChI=1S/C17H15Cl2NO3S/c1-11-3-6-14(7-4-11)24(22,23)17(12(2)21)10-20-13-5-8-15(18)16(19)9-13/h3-10,20H,1-2H3/b17-10+. The first-order valence-corrected chi connectivity index (χ1v) is 9.20. The Bertz CT molecular complexity index is 904. The number of rotatable bonds is 5. The number of halogens is 2. The molecular formula is C17H15Cl2NO3S. The number of ketones is 1. The van der Waals surface area contributed by atoms with Crippen LogP contribution in [0.1, 0.15) is 12.5 Å². The van der Waals surface area contributed by atoms with Crippen LogP contribution in [-0.4, -0.2) is 14.2 Å². The lowest BCUT2D eigenvalue weighted by Gasteiger charge is -2.09. The van der Waals surface area contributed by atoms with Crippen molar-refractivity contribution in [3.05, 3.63) is 69.2 Å². The van der Waals surface area contributed by atoms with Crippen LogP contribution in [0.25, 0.3) is 0 Å². The molecule has 0 heterocycles. The van der Waals surface area contributed by atoms with Crippen LogP contribution in [0.4, 0.5) is 5.69 Å². The van der Waals surface area contributed by atoms with Gasteiger partial charge in [-0.25, -0.2) is 8.42 Å². The molecule has 2 aromatic carbocycles. The maximum Gasteiger partial charge on any atom is 0.211 e. The van der Waals surface area contributed by atoms with E-state index < -0.39 is 15.6 Å². The van der Waals surface area contributed by atoms with Crippen LogP contribution < -0.4 is 5.32 Å². The molecule has 0 spiro atoms. The number of hydrogen-bond acceptors (Lipinski definition) is 4. The molecule has 0 fully saturated rings. The lowest BCUT2D eigenvalue weighted by atomic mass is 10.2. The Morgan fingerprint density at radius 2 is 1.67 bits per heavy atom. The largest absolute Gasteiger partial charge is 0.360 e. The first-order chi connectivity index (χ1) is 11.2. The van der Waals surface area contributed by atoms with E-state index >= 15 is 0 Å². The van der Waals surface area contributed by atoms with Crippen molar-refractivity contribution in [3.63, 3.8) is 0 Å². The van der Waals surface area contributed by atoms with Crippen LogP contribution >= 0.6 is 23.2 Å². The molecule has 2 aromatic rings. The maximum atomic E-state index is 12.7. The van der Waals surface area contributed by atoms with Crippen LogP contribution in [0.5, 0.6) is 0 Å². The van der Waals surface area contributed by atoms with Gasteiger partial charge >= 0.3 is 0 Å². The second-order valence-electron chi connectivity index (χ2n) is 5.15. The van der Waals surface area contributed by atoms with E-state index in [1.54, 1.807) is 24.3 Å². The highest BCUT2D eigenvalue weighted by molar-refractivity contribution is 7.96. The van der Waals surface area contributed by atoms with Crippen LogP contribution in [0.15, 0.2) is 58.5 Å². The molecule has 4 nitrogen and oxygen atoms in total. The molecule has 0 aliphatic carbocycles. The Morgan fingerprint density at radius 1 is 1.04 bits per heavy atom. The first-order valence-electron chi connectivity index (χ1n) is 6.96. The SMILES string of the molecule is CC(=O)/C(=C\Nc1ccc(Cl)c(Cl)c1)S(=O)(=O)c1ccc(C)cc1. The van der Waals surface area contributed by atoms with Crippen LogP contribution in [-0.2, 0) is 14.6 Å². The quantitative estimate of drug-likeness (QED) is 0.765. The van der Waals surface area contributed by atoms with Gasteiger partial charge in [-0.1, -0.05) is 40.9 Å². The molecule has 126 valence electrons. The molecule has 7 heteroatoms. The number of hydrogen-bond donors (Lipinski definition) is 1. The van der Waals surface area contributed by atoms with Gasteiger partial charge in [0.2, 0.25) is 9.84 Å². The van der Waals surface area contributed by atoms with E-state index in [1.165, 1.54) is 25.1 Å². The number of carbonyl (C=O) groups is 1. The number of carbonyl (C=O) groups excluding carboxylic acids is 1. The molecule has 0 aromatic heterocycles. The molecule has 0 saturated carbocycles. The highest BCUT2D eigenvalue weighted by Crippen LogP contribution is 2.26. The topological polar surface area (TPSA) is 63.2 Å². The Kier molecular flexibility index (Phi) is 5.70. The molecule has 24 heavy (non-hydrogen) atoms. The van der Waals surface area contributed by atoms with Gasteiger partial charge in [0.05, 0.1) is 14.9 Å². The highest BCUT2D eigenvalue weighted by atomic mass is 35.5. The third-order valence-electron chi connectivity index (χ3n) is 3.26. The average molecular weight is 384 g/mol. The average Bonchev–Trinajstić information content (AvgIpc) is 2.51. The minimum atomic E-state index is -3.92. The summed E-state index contributed by atoms with van der Waals surface area (Å²) in [6.45, 7) is 3.05. The lowest BCUT2D eigenvalue weighted by Crippen LogP contribution is -2.13. The van der Waals surface area contributed by atoms with Crippen LogP contribution in [0, 0.1) is 6.92 Å². The summed E-state index contributed by atoms with van der Waals surface area (Å²) in [5.41, 5.74) is 1.44. The fourth-order valence-electron chi connectivity index (χ4n) is 1.95. The Labute approximate surface area is 151 Å². The number of allylic oxidation sites excluding steroid dienone is 1. The van der Waals surface area contributed by atoms with Crippen molar-refractivity contribution in [3.8, 4) is 0 Å². The van der Waals surface area contributed by atoms with Crippen molar-refractivity contribution in [1.82, 2.24) is 0 Å². The summed E-state index contributed by atoms with van der Waals surface area (Å²) in [6, 6.07) is 11.0. The smallest absolute Gasteiger partial charge is 0.211 e. The first kappa shape index (κ1) is 18.5. The van der Waals surface area contributed by atoms with Gasteiger partial charge in [-0.15, -0.1) is 0 Å². The predicted molar refractivity (Wildman–Crippen MR) is 97.2 cm³/mol. The van der Waals surface area contributed by atoms with E-state index in [-0.39, 0.29) is 9.80 Å². The zero-order valence-corrected chi connectivity index (χ0v) is 15.3. The number of anilines is 1. The summed E-state index contributed by atoms with van der Waals surface area (Å²) in [5.74, 6) is -0.567. The number of Topliss-reactive ketones (excluding diaryl/α,β-unsaturated/α-hetero) is 1. The molecule has 0 aliphatic rings. The summed E-state index contributed by atoms with van der Waals surface area (Å²) in [7, 11) is -3.92. The molecule has 0 amide bonds. The monoisotopic (exact) mass is 383 g/mol. The second-order valence-corrected chi connectivity index (χ2v) is 7.89. The minimum absolute atomic E-state index is 0.0606. The highest BCUT2D eigenvalue weighted by Gasteiger charge is 2.24. The van der Waals surface area contributed by atoms with E-state index in [0.29, 0.717) is 15.7 Å². The summed E-state index contributed by atoms with van der Waals surface area (Å²) in [6.07, 6.45) is 1.16. The summed E-state index contributed by atoms with van der Waals surface area (Å²) in [5, 5.41) is 3.48. The van der Waals surface area contributed by atoms with Crippen LogP contribution in [0.2, 0.25) is 10.0 Å². The number of nitrogens with one attached hydrogen (secondary N) is 1. The predicted octanol–water partition coefficient (Wildman–Crippen LogP) is 4.62. The van der Waals surface area contributed by atoms with Gasteiger partial charge in [-0.05, 0) is 44.2 Å². The zero-order valence-electron chi connectivity index (χ0n) is 13.0. The van der Waals surface area contributed by atoms with Gasteiger partial charge in [0, 0.05) is 11.9 Å². The minimum Gasteiger partial charge on any atom is -0.360 e. The Hall–Kier alpha value is -1.82. The van der Waals surface area contributed by atoms with Gasteiger partial charge in [0.15, 0.2) is 5.78 Å². The Morgan fingerprint density at radius 3 is 2.21 bits per heavy atom. The van der Waals surface area contributed by atoms with Crippen molar-refractivity contribution in [2.24, 2.45) is 0 Å². The molecule has 0 atom stereocenters. The van der Waals surface area contributed by atoms with Crippen molar-refractivity contribution in [2.45, 2.75) is 18.7 Å². The lowest BCUT2D eigenvalue weighted by molar-refractivity contribution is -0.113. The molecule has 1 N–H and O–H groups in total. The van der Waals surface area contributed by atoms with Gasteiger partial charge in [-0.3, -0.25) is 4.79 Å². The Balaban J connectivity index is 2.39. The molecule has 0 aliphatic heterocycles. The molecule has 0 radical (unpaired) electrons. The molecular weight excluding hydrogens is 369 g/mol. The zero-order chi connectivity index (χ0) is 17.9. The van der Waals surface area contributed by atoms with Crippen molar-refractivity contribution >= 4 is 44.5 Å². The summed E-state index contributed by atoms with van der Waals surface area (Å²) in [4.78, 5) is 11.6. The number of aryl methyl sites for hydroxylation is 1. The normalized spacial score (nSPS) is 12.1. The molecule has 0 saturated heterocycles. The third kappa shape index (κ3) is 4.17. The van der Waals surface area contributed by atoms with Crippen molar-refractivity contribution in [2.75, 3.05) is 5.32 Å². The van der Waals surface area contributed by atoms with E-state index in [9.17, 15) is 13.2 Å². The fourth-order valence-corrected chi connectivity index (χ4v) is 3.59. The number of benzene rings is 2. The van der Waals surface area contributed by atoms with Crippen molar-refractivity contribution in [1.29, 1.82) is 0 Å². The van der Waals surface area contributed by atoms with Crippen LogP contribution in [0.3, 0.4) is 0 Å². The van der Waals surface area contributed by atoms with Gasteiger partial charge in [0.1, 0.15) is 4.91 Å². The van der Waals surface area contributed by atoms with Crippen molar-refractivity contribution < 1.29 is 13.2 Å². The number of sulfone groups is 1. The maximum absolute atomic E-state index is 12.7. The molecule has 2 rings (SSSR count). The van der Waals surface area contributed by atoms with Gasteiger partial charge in [-0.2, -0.15) is 0 Å². The molecule has 0 bridgehead atoms. The summed E-state index contributed by atoms with van der Waals surface area (Å²) >= 11 is 11.7. The van der Waals surface area contributed by atoms with E-state index in [4.69, 9.17) is 23.2 Å².